The minimum atomic E-state index is -0.275. The molecule has 5 heteroatoms. The molecule has 0 spiro atoms. The van der Waals surface area contributed by atoms with E-state index >= 15 is 0 Å². The van der Waals surface area contributed by atoms with Crippen molar-refractivity contribution in [2.75, 3.05) is 0 Å². The van der Waals surface area contributed by atoms with E-state index in [1.807, 2.05) is 36.4 Å². The molecule has 0 aliphatic heterocycles. The highest BCUT2D eigenvalue weighted by atomic mass is 15.2. The Labute approximate surface area is 330 Å². The fourth-order valence-electron chi connectivity index (χ4n) is 8.73. The molecule has 0 saturated heterocycles. The number of hydrogen-bond donors (Lipinski definition) is 0. The quantitative estimate of drug-likeness (QED) is 0.171. The first-order valence-electron chi connectivity index (χ1n) is 19.5. The molecule has 0 bridgehead atoms. The van der Waals surface area contributed by atoms with Gasteiger partial charge in [0.05, 0.1) is 22.2 Å². The van der Waals surface area contributed by atoms with E-state index in [1.165, 1.54) is 49.4 Å². The molecule has 1 atom stereocenters. The SMILES string of the molecule is CC1(c2ccc3c(c2)c2ccccc2n3-c2ccccc2)C=Cc2c(c3cc(-c4ccccc4)ccc3n2-c2nc(-c3ccccc3)nc(-c3ccccc3)n2)C1. The summed E-state index contributed by atoms with van der Waals surface area (Å²) in [5.41, 5.74) is 12.3. The summed E-state index contributed by atoms with van der Waals surface area (Å²) in [7, 11) is 0. The molecule has 270 valence electrons. The molecule has 0 fully saturated rings. The average Bonchev–Trinajstić information content (AvgIpc) is 3.79. The van der Waals surface area contributed by atoms with Gasteiger partial charge in [-0.15, -0.1) is 0 Å². The number of hydrogen-bond acceptors (Lipinski definition) is 3. The summed E-state index contributed by atoms with van der Waals surface area (Å²) in [5.74, 6) is 1.89. The maximum absolute atomic E-state index is 5.20. The van der Waals surface area contributed by atoms with Crippen molar-refractivity contribution < 1.29 is 0 Å². The Hall–Kier alpha value is -7.37. The molecule has 7 aromatic carbocycles. The summed E-state index contributed by atoms with van der Waals surface area (Å²) in [5, 5.41) is 3.71. The smallest absolute Gasteiger partial charge is 0.238 e. The third kappa shape index (κ3) is 5.50. The first-order valence-corrected chi connectivity index (χ1v) is 19.5. The minimum Gasteiger partial charge on any atom is -0.309 e. The van der Waals surface area contributed by atoms with Crippen molar-refractivity contribution in [2.45, 2.75) is 18.8 Å². The van der Waals surface area contributed by atoms with Crippen molar-refractivity contribution in [2.24, 2.45) is 0 Å². The van der Waals surface area contributed by atoms with Crippen LogP contribution in [0.15, 0.2) is 188 Å². The molecule has 0 N–H and O–H groups in total. The van der Waals surface area contributed by atoms with Gasteiger partial charge in [0.2, 0.25) is 5.95 Å². The fraction of sp³-hybridized carbons (Fsp3) is 0.0577. The Morgan fingerprint density at radius 1 is 0.456 bits per heavy atom. The third-order valence-electron chi connectivity index (χ3n) is 11.6. The molecule has 1 unspecified atom stereocenters. The second kappa shape index (κ2) is 13.1. The van der Waals surface area contributed by atoms with E-state index in [0.29, 0.717) is 17.6 Å². The van der Waals surface area contributed by atoms with Crippen LogP contribution in [0.5, 0.6) is 0 Å². The second-order valence-electron chi connectivity index (χ2n) is 15.2. The zero-order valence-corrected chi connectivity index (χ0v) is 31.4. The lowest BCUT2D eigenvalue weighted by Gasteiger charge is -2.30. The number of allylic oxidation sites excluding steroid dienone is 1. The molecular formula is C52H37N5. The van der Waals surface area contributed by atoms with Crippen LogP contribution in [0.3, 0.4) is 0 Å². The van der Waals surface area contributed by atoms with Crippen LogP contribution in [-0.4, -0.2) is 24.1 Å². The highest BCUT2D eigenvalue weighted by Gasteiger charge is 2.33. The zero-order chi connectivity index (χ0) is 37.9. The van der Waals surface area contributed by atoms with Gasteiger partial charge in [-0.3, -0.25) is 4.57 Å². The van der Waals surface area contributed by atoms with Crippen molar-refractivity contribution >= 4 is 38.8 Å². The highest BCUT2D eigenvalue weighted by molar-refractivity contribution is 6.09. The topological polar surface area (TPSA) is 48.5 Å². The van der Waals surface area contributed by atoms with Crippen LogP contribution in [-0.2, 0) is 11.8 Å². The van der Waals surface area contributed by atoms with Gasteiger partial charge in [-0.05, 0) is 77.2 Å². The molecule has 3 heterocycles. The van der Waals surface area contributed by atoms with Crippen molar-refractivity contribution in [3.8, 4) is 45.5 Å². The van der Waals surface area contributed by atoms with E-state index in [1.54, 1.807) is 0 Å². The van der Waals surface area contributed by atoms with Crippen LogP contribution in [0.4, 0.5) is 0 Å². The van der Waals surface area contributed by atoms with E-state index in [-0.39, 0.29) is 5.41 Å². The standard InChI is InChI=1S/C52H37N5/c1-52(39-27-29-46-43(33-39)41-24-14-15-25-45(41)56(46)40-22-12-5-13-23-40)31-30-48-44(34-52)42-32-38(35-16-6-2-7-17-35)26-28-47(42)57(48)51-54-49(36-18-8-3-9-19-36)53-50(55-51)37-20-10-4-11-21-37/h2-33H,34H2,1H3. The number of para-hydroxylation sites is 2. The predicted molar refractivity (Wildman–Crippen MR) is 234 cm³/mol. The number of rotatable bonds is 6. The van der Waals surface area contributed by atoms with Crippen molar-refractivity contribution in [3.63, 3.8) is 0 Å². The van der Waals surface area contributed by atoms with Crippen molar-refractivity contribution in [3.05, 3.63) is 205 Å². The third-order valence-corrected chi connectivity index (χ3v) is 11.6. The Morgan fingerprint density at radius 3 is 1.70 bits per heavy atom. The molecule has 0 saturated carbocycles. The van der Waals surface area contributed by atoms with Gasteiger partial charge >= 0.3 is 0 Å². The summed E-state index contributed by atoms with van der Waals surface area (Å²) >= 11 is 0. The van der Waals surface area contributed by atoms with E-state index < -0.39 is 0 Å². The molecule has 3 aromatic heterocycles. The van der Waals surface area contributed by atoms with Gasteiger partial charge in [-0.1, -0.05) is 153 Å². The van der Waals surface area contributed by atoms with Gasteiger partial charge in [0, 0.05) is 38.4 Å². The Morgan fingerprint density at radius 2 is 1.02 bits per heavy atom. The maximum atomic E-state index is 5.20. The second-order valence-corrected chi connectivity index (χ2v) is 15.2. The number of benzene rings is 7. The summed E-state index contributed by atoms with van der Waals surface area (Å²) in [6, 6.07) is 64.3. The summed E-state index contributed by atoms with van der Waals surface area (Å²) in [4.78, 5) is 15.4. The van der Waals surface area contributed by atoms with Crippen LogP contribution >= 0.6 is 0 Å². The monoisotopic (exact) mass is 731 g/mol. The van der Waals surface area contributed by atoms with E-state index in [9.17, 15) is 0 Å². The molecule has 0 radical (unpaired) electrons. The van der Waals surface area contributed by atoms with Crippen LogP contribution in [0.2, 0.25) is 0 Å². The predicted octanol–water partition coefficient (Wildman–Crippen LogP) is 12.4. The average molecular weight is 732 g/mol. The van der Waals surface area contributed by atoms with Gasteiger partial charge < -0.3 is 4.57 Å². The highest BCUT2D eigenvalue weighted by Crippen LogP contribution is 2.44. The van der Waals surface area contributed by atoms with Gasteiger partial charge in [-0.25, -0.2) is 4.98 Å². The first kappa shape index (κ1) is 33.0. The molecule has 1 aliphatic carbocycles. The number of nitrogens with zero attached hydrogens (tertiary/aromatic N) is 5. The van der Waals surface area contributed by atoms with Gasteiger partial charge in [0.25, 0.3) is 0 Å². The van der Waals surface area contributed by atoms with Gasteiger partial charge in [0.1, 0.15) is 0 Å². The first-order chi connectivity index (χ1) is 28.1. The molecule has 5 nitrogen and oxygen atoms in total. The zero-order valence-electron chi connectivity index (χ0n) is 31.4. The van der Waals surface area contributed by atoms with E-state index in [2.05, 4.69) is 174 Å². The molecular weight excluding hydrogens is 695 g/mol. The Balaban J connectivity index is 1.11. The van der Waals surface area contributed by atoms with Crippen LogP contribution in [0, 0.1) is 0 Å². The van der Waals surface area contributed by atoms with Crippen LogP contribution in [0.1, 0.15) is 23.7 Å². The summed E-state index contributed by atoms with van der Waals surface area (Å²) in [6.45, 7) is 2.37. The fourth-order valence-corrected chi connectivity index (χ4v) is 8.73. The number of fused-ring (bicyclic) bond motifs is 6. The van der Waals surface area contributed by atoms with Gasteiger partial charge in [-0.2, -0.15) is 9.97 Å². The van der Waals surface area contributed by atoms with E-state index in [4.69, 9.17) is 15.0 Å². The molecule has 10 aromatic rings. The Bertz CT molecular complexity index is 3090. The normalized spacial score (nSPS) is 15.0. The summed E-state index contributed by atoms with van der Waals surface area (Å²) in [6.07, 6.45) is 5.50. The lowest BCUT2D eigenvalue weighted by Crippen LogP contribution is -2.25. The van der Waals surface area contributed by atoms with Crippen molar-refractivity contribution in [1.29, 1.82) is 0 Å². The minimum absolute atomic E-state index is 0.275. The van der Waals surface area contributed by atoms with E-state index in [0.717, 1.165) is 34.4 Å². The molecule has 57 heavy (non-hydrogen) atoms. The lowest BCUT2D eigenvalue weighted by molar-refractivity contribution is 0.588. The largest absolute Gasteiger partial charge is 0.309 e. The summed E-state index contributed by atoms with van der Waals surface area (Å²) < 4.78 is 4.62. The van der Waals surface area contributed by atoms with Crippen molar-refractivity contribution in [1.82, 2.24) is 24.1 Å². The van der Waals surface area contributed by atoms with Crippen LogP contribution < -0.4 is 0 Å². The van der Waals surface area contributed by atoms with Gasteiger partial charge in [0.15, 0.2) is 11.6 Å². The number of aromatic nitrogens is 5. The molecule has 1 aliphatic rings. The lowest BCUT2D eigenvalue weighted by atomic mass is 9.73. The Kier molecular flexibility index (Phi) is 7.61. The molecule has 11 rings (SSSR count). The van der Waals surface area contributed by atoms with Crippen LogP contribution in [0.25, 0.3) is 84.3 Å². The maximum Gasteiger partial charge on any atom is 0.238 e. The molecule has 0 amide bonds.